The van der Waals surface area contributed by atoms with E-state index in [1.54, 1.807) is 6.07 Å². The molecule has 90 valence electrons. The third-order valence-electron chi connectivity index (χ3n) is 2.14. The van der Waals surface area contributed by atoms with Gasteiger partial charge in [0, 0.05) is 18.5 Å². The van der Waals surface area contributed by atoms with Crippen molar-refractivity contribution >= 4 is 11.6 Å². The highest BCUT2D eigenvalue weighted by atomic mass is 35.5. The summed E-state index contributed by atoms with van der Waals surface area (Å²) in [6.45, 7) is 3.62. The molecule has 16 heavy (non-hydrogen) atoms. The van der Waals surface area contributed by atoms with Gasteiger partial charge in [0.15, 0.2) is 0 Å². The van der Waals surface area contributed by atoms with Crippen LogP contribution in [0.1, 0.15) is 18.9 Å². The Kier molecular flexibility index (Phi) is 6.19. The number of halogens is 2. The molecule has 0 spiro atoms. The highest BCUT2D eigenvalue weighted by Crippen LogP contribution is 2.28. The quantitative estimate of drug-likeness (QED) is 0.745. The van der Waals surface area contributed by atoms with E-state index in [0.717, 1.165) is 12.1 Å². The number of alkyl halides is 1. The molecule has 0 atom stereocenters. The van der Waals surface area contributed by atoms with Crippen LogP contribution in [0.2, 0.25) is 5.02 Å². The third-order valence-corrected chi connectivity index (χ3v) is 2.44. The summed E-state index contributed by atoms with van der Waals surface area (Å²) in [5.74, 6) is 0.665. The molecule has 0 unspecified atom stereocenters. The molecule has 0 aromatic heterocycles. The van der Waals surface area contributed by atoms with E-state index >= 15 is 0 Å². The lowest BCUT2D eigenvalue weighted by Gasteiger charge is -2.12. The maximum absolute atomic E-state index is 12.0. The van der Waals surface area contributed by atoms with Crippen molar-refractivity contribution in [3.63, 3.8) is 0 Å². The van der Waals surface area contributed by atoms with Crippen LogP contribution >= 0.6 is 11.6 Å². The maximum atomic E-state index is 12.0. The molecule has 0 heterocycles. The van der Waals surface area contributed by atoms with Gasteiger partial charge in [-0.1, -0.05) is 30.7 Å². The third kappa shape index (κ3) is 3.99. The van der Waals surface area contributed by atoms with E-state index in [2.05, 4.69) is 5.32 Å². The summed E-state index contributed by atoms with van der Waals surface area (Å²) in [5, 5.41) is 3.79. The summed E-state index contributed by atoms with van der Waals surface area (Å²) in [6, 6.07) is 5.62. The summed E-state index contributed by atoms with van der Waals surface area (Å²) in [7, 11) is 0. The smallest absolute Gasteiger partial charge is 0.142 e. The molecule has 0 saturated heterocycles. The fraction of sp³-hybridized carbons (Fsp3) is 0.500. The zero-order valence-electron chi connectivity index (χ0n) is 9.43. The molecule has 0 aliphatic rings. The van der Waals surface area contributed by atoms with Crippen LogP contribution < -0.4 is 10.1 Å². The summed E-state index contributed by atoms with van der Waals surface area (Å²) in [4.78, 5) is 0. The van der Waals surface area contributed by atoms with Crippen molar-refractivity contribution in [1.29, 1.82) is 0 Å². The molecule has 0 aliphatic carbocycles. The maximum Gasteiger partial charge on any atom is 0.142 e. The first-order valence-corrected chi connectivity index (χ1v) is 5.84. The normalized spacial score (nSPS) is 10.4. The Bertz CT molecular complexity index is 320. The van der Waals surface area contributed by atoms with E-state index in [0.29, 0.717) is 30.3 Å². The molecule has 1 aromatic rings. The number of ether oxygens (including phenoxy) is 1. The Morgan fingerprint density at radius 3 is 2.94 bits per heavy atom. The average Bonchev–Trinajstić information content (AvgIpc) is 2.29. The molecule has 0 saturated carbocycles. The van der Waals surface area contributed by atoms with E-state index < -0.39 is 0 Å². The minimum Gasteiger partial charge on any atom is -0.492 e. The van der Waals surface area contributed by atoms with Gasteiger partial charge >= 0.3 is 0 Å². The van der Waals surface area contributed by atoms with E-state index in [1.807, 2.05) is 19.1 Å². The van der Waals surface area contributed by atoms with Crippen LogP contribution in [-0.4, -0.2) is 19.8 Å². The molecule has 0 fully saturated rings. The number of benzene rings is 1. The van der Waals surface area contributed by atoms with Crippen molar-refractivity contribution in [1.82, 2.24) is 5.32 Å². The van der Waals surface area contributed by atoms with Crippen LogP contribution in [0.4, 0.5) is 4.39 Å². The largest absolute Gasteiger partial charge is 0.492 e. The number of hydrogen-bond acceptors (Lipinski definition) is 2. The van der Waals surface area contributed by atoms with Gasteiger partial charge in [-0.2, -0.15) is 0 Å². The van der Waals surface area contributed by atoms with Gasteiger partial charge in [0.05, 0.1) is 18.3 Å². The van der Waals surface area contributed by atoms with Crippen molar-refractivity contribution in [2.75, 3.05) is 19.8 Å². The second-order valence-electron chi connectivity index (χ2n) is 3.40. The van der Waals surface area contributed by atoms with Gasteiger partial charge in [-0.05, 0) is 12.6 Å². The Labute approximate surface area is 101 Å². The van der Waals surface area contributed by atoms with Crippen LogP contribution in [-0.2, 0) is 6.54 Å². The monoisotopic (exact) mass is 245 g/mol. The summed E-state index contributed by atoms with van der Waals surface area (Å²) < 4.78 is 17.5. The topological polar surface area (TPSA) is 21.3 Å². The van der Waals surface area contributed by atoms with Crippen molar-refractivity contribution in [3.05, 3.63) is 28.8 Å². The molecular weight excluding hydrogens is 229 g/mol. The predicted molar refractivity (Wildman–Crippen MR) is 64.9 cm³/mol. The first-order chi connectivity index (χ1) is 7.79. The second kappa shape index (κ2) is 7.47. The molecule has 2 nitrogen and oxygen atoms in total. The van der Waals surface area contributed by atoms with Crippen molar-refractivity contribution in [2.45, 2.75) is 19.9 Å². The standard InChI is InChI=1S/C12H17ClFNO/c1-2-15-9-10-5-3-6-11(13)12(10)16-8-4-7-14/h3,5-6,15H,2,4,7-9H2,1H3. The van der Waals surface area contributed by atoms with E-state index in [9.17, 15) is 4.39 Å². The lowest BCUT2D eigenvalue weighted by atomic mass is 10.2. The van der Waals surface area contributed by atoms with E-state index in [-0.39, 0.29) is 6.67 Å². The van der Waals surface area contributed by atoms with E-state index in [4.69, 9.17) is 16.3 Å². The van der Waals surface area contributed by atoms with Gasteiger partial charge in [0.2, 0.25) is 0 Å². The van der Waals surface area contributed by atoms with Crippen LogP contribution in [0, 0.1) is 0 Å². The van der Waals surface area contributed by atoms with Gasteiger partial charge in [0.1, 0.15) is 5.75 Å². The Balaban J connectivity index is 2.69. The Hall–Kier alpha value is -0.800. The molecule has 1 aromatic carbocycles. The SMILES string of the molecule is CCNCc1cccc(Cl)c1OCCCF. The number of para-hydroxylation sites is 1. The van der Waals surface area contributed by atoms with Gasteiger partial charge < -0.3 is 10.1 Å². The van der Waals surface area contributed by atoms with Crippen molar-refractivity contribution < 1.29 is 9.13 Å². The lowest BCUT2D eigenvalue weighted by molar-refractivity contribution is 0.287. The second-order valence-corrected chi connectivity index (χ2v) is 3.81. The zero-order valence-corrected chi connectivity index (χ0v) is 10.2. The fourth-order valence-corrected chi connectivity index (χ4v) is 1.59. The van der Waals surface area contributed by atoms with Crippen molar-refractivity contribution in [3.8, 4) is 5.75 Å². The van der Waals surface area contributed by atoms with Crippen LogP contribution in [0.5, 0.6) is 5.75 Å². The molecule has 1 N–H and O–H groups in total. The molecule has 0 bridgehead atoms. The number of hydrogen-bond donors (Lipinski definition) is 1. The zero-order chi connectivity index (χ0) is 11.8. The van der Waals surface area contributed by atoms with Crippen LogP contribution in [0.3, 0.4) is 0 Å². The summed E-state index contributed by atoms with van der Waals surface area (Å²) in [6.07, 6.45) is 0.395. The van der Waals surface area contributed by atoms with Gasteiger partial charge in [-0.15, -0.1) is 0 Å². The molecule has 4 heteroatoms. The molecule has 1 rings (SSSR count). The minimum atomic E-state index is -0.368. The van der Waals surface area contributed by atoms with Gasteiger partial charge in [-0.3, -0.25) is 4.39 Å². The highest BCUT2D eigenvalue weighted by Gasteiger charge is 2.07. The first-order valence-electron chi connectivity index (χ1n) is 5.46. The average molecular weight is 246 g/mol. The van der Waals surface area contributed by atoms with E-state index in [1.165, 1.54) is 0 Å². The molecular formula is C12H17ClFNO. The predicted octanol–water partition coefficient (Wildman–Crippen LogP) is 3.19. The Morgan fingerprint density at radius 2 is 2.25 bits per heavy atom. The lowest BCUT2D eigenvalue weighted by Crippen LogP contribution is -2.13. The van der Waals surface area contributed by atoms with Crippen molar-refractivity contribution in [2.24, 2.45) is 0 Å². The fourth-order valence-electron chi connectivity index (χ4n) is 1.34. The molecule has 0 amide bonds. The van der Waals surface area contributed by atoms with Crippen LogP contribution in [0.25, 0.3) is 0 Å². The van der Waals surface area contributed by atoms with Gasteiger partial charge in [0.25, 0.3) is 0 Å². The first kappa shape index (κ1) is 13.3. The molecule has 0 aliphatic heterocycles. The summed E-state index contributed by atoms with van der Waals surface area (Å²) in [5.41, 5.74) is 1.01. The minimum absolute atomic E-state index is 0.360. The molecule has 0 radical (unpaired) electrons. The highest BCUT2D eigenvalue weighted by molar-refractivity contribution is 6.32. The summed E-state index contributed by atoms with van der Waals surface area (Å²) >= 11 is 6.04. The van der Waals surface area contributed by atoms with Crippen LogP contribution in [0.15, 0.2) is 18.2 Å². The number of rotatable bonds is 7. The Morgan fingerprint density at radius 1 is 1.44 bits per heavy atom. The number of nitrogens with one attached hydrogen (secondary N) is 1. The van der Waals surface area contributed by atoms with Gasteiger partial charge in [-0.25, -0.2) is 0 Å².